The Labute approximate surface area is 75.6 Å². The highest BCUT2D eigenvalue weighted by Gasteiger charge is 2.02. The maximum absolute atomic E-state index is 2.30. The van der Waals surface area contributed by atoms with Gasteiger partial charge in [-0.1, -0.05) is 50.1 Å². The Bertz CT molecular complexity index is 220. The molecule has 0 aromatic heterocycles. The quantitative estimate of drug-likeness (QED) is 0.632. The lowest BCUT2D eigenvalue weighted by Gasteiger charge is -2.09. The molecule has 0 aliphatic heterocycles. The predicted molar refractivity (Wildman–Crippen MR) is 54.5 cm³/mol. The Hall–Kier alpha value is -0.780. The average molecular weight is 162 g/mol. The highest BCUT2D eigenvalue weighted by Crippen LogP contribution is 2.20. The minimum atomic E-state index is 0.718. The molecule has 1 atom stereocenters. The van der Waals surface area contributed by atoms with Crippen LogP contribution in [0.1, 0.15) is 43.7 Å². The molecule has 1 aromatic rings. The second kappa shape index (κ2) is 4.30. The van der Waals surface area contributed by atoms with Crippen LogP contribution >= 0.6 is 0 Å². The molecule has 0 nitrogen and oxygen atoms in total. The van der Waals surface area contributed by atoms with Gasteiger partial charge < -0.3 is 0 Å². The van der Waals surface area contributed by atoms with E-state index in [0.717, 1.165) is 5.92 Å². The fourth-order valence-electron chi connectivity index (χ4n) is 1.49. The van der Waals surface area contributed by atoms with Crippen molar-refractivity contribution in [2.24, 2.45) is 0 Å². The minimum absolute atomic E-state index is 0.718. The predicted octanol–water partition coefficient (Wildman–Crippen LogP) is 3.90. The molecule has 0 aliphatic rings. The van der Waals surface area contributed by atoms with E-state index in [0.29, 0.717) is 0 Å². The fraction of sp³-hybridized carbons (Fsp3) is 0.500. The van der Waals surface area contributed by atoms with Crippen LogP contribution < -0.4 is 0 Å². The van der Waals surface area contributed by atoms with Gasteiger partial charge in [-0.15, -0.1) is 0 Å². The van der Waals surface area contributed by atoms with E-state index in [2.05, 4.69) is 45.0 Å². The molecule has 1 rings (SSSR count). The van der Waals surface area contributed by atoms with Crippen molar-refractivity contribution in [1.82, 2.24) is 0 Å². The molecule has 66 valence electrons. The molecule has 0 heterocycles. The molecule has 0 bridgehead atoms. The van der Waals surface area contributed by atoms with E-state index in [1.807, 2.05) is 0 Å². The Kier molecular flexibility index (Phi) is 3.33. The summed E-state index contributed by atoms with van der Waals surface area (Å²) in [6, 6.07) is 8.88. The van der Waals surface area contributed by atoms with Crippen LogP contribution in [0.15, 0.2) is 24.3 Å². The van der Waals surface area contributed by atoms with Crippen molar-refractivity contribution in [2.75, 3.05) is 0 Å². The lowest BCUT2D eigenvalue weighted by atomic mass is 9.96. The van der Waals surface area contributed by atoms with Crippen LogP contribution in [0.25, 0.3) is 0 Å². The number of rotatable bonds is 3. The Morgan fingerprint density at radius 1 is 1.17 bits per heavy atom. The Morgan fingerprint density at radius 2 is 1.75 bits per heavy atom. The molecule has 0 unspecified atom stereocenters. The van der Waals surface area contributed by atoms with Crippen molar-refractivity contribution in [3.63, 3.8) is 0 Å². The molecule has 0 N–H and O–H groups in total. The molecule has 0 saturated carbocycles. The second-order valence-corrected chi connectivity index (χ2v) is 3.60. The summed E-state index contributed by atoms with van der Waals surface area (Å²) in [6.07, 6.45) is 2.57. The SMILES string of the molecule is CCC[C@@H](C)c1ccc(C)cc1. The lowest BCUT2D eigenvalue weighted by Crippen LogP contribution is -1.92. The molecular weight excluding hydrogens is 144 g/mol. The first kappa shape index (κ1) is 9.31. The van der Waals surface area contributed by atoms with Crippen molar-refractivity contribution >= 4 is 0 Å². The van der Waals surface area contributed by atoms with Crippen molar-refractivity contribution < 1.29 is 0 Å². The summed E-state index contributed by atoms with van der Waals surface area (Å²) in [5.74, 6) is 0.718. The summed E-state index contributed by atoms with van der Waals surface area (Å²) in [5, 5.41) is 0. The van der Waals surface area contributed by atoms with Gasteiger partial charge in [-0.05, 0) is 24.8 Å². The number of aryl methyl sites for hydroxylation is 1. The summed E-state index contributed by atoms with van der Waals surface area (Å²) in [5.41, 5.74) is 2.82. The van der Waals surface area contributed by atoms with E-state index in [9.17, 15) is 0 Å². The summed E-state index contributed by atoms with van der Waals surface area (Å²) in [4.78, 5) is 0. The summed E-state index contributed by atoms with van der Waals surface area (Å²) < 4.78 is 0. The van der Waals surface area contributed by atoms with Gasteiger partial charge in [-0.2, -0.15) is 0 Å². The normalized spacial score (nSPS) is 12.9. The van der Waals surface area contributed by atoms with Crippen molar-refractivity contribution in [3.8, 4) is 0 Å². The van der Waals surface area contributed by atoms with E-state index < -0.39 is 0 Å². The van der Waals surface area contributed by atoms with E-state index in [4.69, 9.17) is 0 Å². The van der Waals surface area contributed by atoms with Crippen LogP contribution in [-0.4, -0.2) is 0 Å². The number of hydrogen-bond donors (Lipinski definition) is 0. The van der Waals surface area contributed by atoms with Crippen LogP contribution in [0.2, 0.25) is 0 Å². The van der Waals surface area contributed by atoms with Crippen LogP contribution in [0.3, 0.4) is 0 Å². The Balaban J connectivity index is 2.68. The molecule has 0 spiro atoms. The molecule has 0 fully saturated rings. The highest BCUT2D eigenvalue weighted by molar-refractivity contribution is 5.23. The van der Waals surface area contributed by atoms with Gasteiger partial charge in [0.1, 0.15) is 0 Å². The summed E-state index contributed by atoms with van der Waals surface area (Å²) in [6.45, 7) is 6.67. The molecule has 0 amide bonds. The van der Waals surface area contributed by atoms with Gasteiger partial charge in [0.25, 0.3) is 0 Å². The third kappa shape index (κ3) is 2.37. The third-order valence-corrected chi connectivity index (χ3v) is 2.37. The van der Waals surface area contributed by atoms with Gasteiger partial charge in [-0.25, -0.2) is 0 Å². The molecule has 0 heteroatoms. The monoisotopic (exact) mass is 162 g/mol. The smallest absolute Gasteiger partial charge is 0.0190 e. The zero-order chi connectivity index (χ0) is 8.97. The standard InChI is InChI=1S/C12H18/c1-4-5-11(3)12-8-6-10(2)7-9-12/h6-9,11H,4-5H2,1-3H3/t11-/m1/s1. The van der Waals surface area contributed by atoms with Crippen LogP contribution in [0.4, 0.5) is 0 Å². The van der Waals surface area contributed by atoms with E-state index >= 15 is 0 Å². The lowest BCUT2D eigenvalue weighted by molar-refractivity contribution is 0.665. The Morgan fingerprint density at radius 3 is 2.25 bits per heavy atom. The van der Waals surface area contributed by atoms with Gasteiger partial charge in [0.15, 0.2) is 0 Å². The van der Waals surface area contributed by atoms with Gasteiger partial charge in [0.05, 0.1) is 0 Å². The zero-order valence-corrected chi connectivity index (χ0v) is 8.30. The molecule has 0 aliphatic carbocycles. The molecule has 0 saturated heterocycles. The first-order valence-electron chi connectivity index (χ1n) is 4.80. The highest BCUT2D eigenvalue weighted by atomic mass is 14.1. The second-order valence-electron chi connectivity index (χ2n) is 3.60. The minimum Gasteiger partial charge on any atom is -0.0654 e. The topological polar surface area (TPSA) is 0 Å². The van der Waals surface area contributed by atoms with Gasteiger partial charge in [0.2, 0.25) is 0 Å². The molecule has 12 heavy (non-hydrogen) atoms. The van der Waals surface area contributed by atoms with Crippen molar-refractivity contribution in [1.29, 1.82) is 0 Å². The van der Waals surface area contributed by atoms with Crippen LogP contribution in [0.5, 0.6) is 0 Å². The van der Waals surface area contributed by atoms with Crippen molar-refractivity contribution in [2.45, 2.75) is 39.5 Å². The number of hydrogen-bond acceptors (Lipinski definition) is 0. The van der Waals surface area contributed by atoms with E-state index in [1.165, 1.54) is 24.0 Å². The van der Waals surface area contributed by atoms with Crippen molar-refractivity contribution in [3.05, 3.63) is 35.4 Å². The first-order valence-corrected chi connectivity index (χ1v) is 4.80. The van der Waals surface area contributed by atoms with Gasteiger partial charge >= 0.3 is 0 Å². The maximum atomic E-state index is 2.30. The van der Waals surface area contributed by atoms with Gasteiger partial charge in [0, 0.05) is 0 Å². The number of benzene rings is 1. The summed E-state index contributed by atoms with van der Waals surface area (Å²) >= 11 is 0. The molecule has 0 radical (unpaired) electrons. The van der Waals surface area contributed by atoms with E-state index in [1.54, 1.807) is 0 Å². The molecule has 1 aromatic carbocycles. The van der Waals surface area contributed by atoms with Crippen LogP contribution in [0, 0.1) is 6.92 Å². The first-order chi connectivity index (χ1) is 5.74. The largest absolute Gasteiger partial charge is 0.0654 e. The molecular formula is C12H18. The van der Waals surface area contributed by atoms with E-state index in [-0.39, 0.29) is 0 Å². The average Bonchev–Trinajstić information content (AvgIpc) is 2.06. The fourth-order valence-corrected chi connectivity index (χ4v) is 1.49. The summed E-state index contributed by atoms with van der Waals surface area (Å²) in [7, 11) is 0. The zero-order valence-electron chi connectivity index (χ0n) is 8.30. The van der Waals surface area contributed by atoms with Gasteiger partial charge in [-0.3, -0.25) is 0 Å². The maximum Gasteiger partial charge on any atom is -0.0190 e. The van der Waals surface area contributed by atoms with Crippen LogP contribution in [-0.2, 0) is 0 Å². The third-order valence-electron chi connectivity index (χ3n) is 2.37.